The Morgan fingerprint density at radius 1 is 1.39 bits per heavy atom. The number of carbonyl (C=O) groups is 1. The Bertz CT molecular complexity index is 650. The van der Waals surface area contributed by atoms with Gasteiger partial charge in [0, 0.05) is 24.0 Å². The summed E-state index contributed by atoms with van der Waals surface area (Å²) in [7, 11) is 0. The molecular weight excluding hydrogens is 308 g/mol. The van der Waals surface area contributed by atoms with Crippen LogP contribution in [-0.2, 0) is 17.8 Å². The topological polar surface area (TPSA) is 51.0 Å². The van der Waals surface area contributed by atoms with Crippen LogP contribution >= 0.6 is 11.3 Å². The fraction of sp³-hybridized carbons (Fsp3) is 0.588. The molecule has 0 saturated carbocycles. The average Bonchev–Trinajstić information content (AvgIpc) is 3.15. The molecule has 0 spiro atoms. The number of thiazole rings is 1. The first-order chi connectivity index (χ1) is 11.1. The Labute approximate surface area is 141 Å². The van der Waals surface area contributed by atoms with E-state index in [1.807, 2.05) is 22.5 Å². The number of aromatic nitrogens is 3. The number of amides is 1. The van der Waals surface area contributed by atoms with Crippen LogP contribution in [0.3, 0.4) is 0 Å². The number of hydrogen-bond acceptors (Lipinski definition) is 4. The molecule has 0 unspecified atom stereocenters. The molecule has 124 valence electrons. The highest BCUT2D eigenvalue weighted by atomic mass is 32.1. The van der Waals surface area contributed by atoms with Crippen LogP contribution in [0.2, 0.25) is 0 Å². The van der Waals surface area contributed by atoms with Gasteiger partial charge in [0.1, 0.15) is 0 Å². The second-order valence-electron chi connectivity index (χ2n) is 6.33. The van der Waals surface area contributed by atoms with E-state index in [1.165, 1.54) is 12.1 Å². The predicted octanol–water partition coefficient (Wildman–Crippen LogP) is 2.97. The molecule has 1 fully saturated rings. The molecule has 0 radical (unpaired) electrons. The lowest BCUT2D eigenvalue weighted by atomic mass is 10.0. The fourth-order valence-electron chi connectivity index (χ4n) is 3.32. The molecule has 0 bridgehead atoms. The summed E-state index contributed by atoms with van der Waals surface area (Å²) < 4.78 is 2.05. The zero-order valence-corrected chi connectivity index (χ0v) is 14.7. The molecule has 3 rings (SSSR count). The third-order valence-electron chi connectivity index (χ3n) is 4.51. The van der Waals surface area contributed by atoms with E-state index in [1.54, 1.807) is 11.3 Å². The highest BCUT2D eigenvalue weighted by Crippen LogP contribution is 2.21. The molecule has 1 aliphatic heterocycles. The van der Waals surface area contributed by atoms with Gasteiger partial charge in [-0.25, -0.2) is 4.98 Å². The third-order valence-corrected chi connectivity index (χ3v) is 5.15. The average molecular weight is 332 g/mol. The Morgan fingerprint density at radius 2 is 2.26 bits per heavy atom. The monoisotopic (exact) mass is 332 g/mol. The number of rotatable bonds is 5. The van der Waals surface area contributed by atoms with Gasteiger partial charge in [0.25, 0.3) is 0 Å². The molecule has 0 aliphatic carbocycles. The molecule has 3 heterocycles. The molecule has 0 aromatic carbocycles. The third kappa shape index (κ3) is 3.99. The molecule has 0 N–H and O–H groups in total. The maximum Gasteiger partial charge on any atom is 0.223 e. The van der Waals surface area contributed by atoms with Crippen molar-refractivity contribution in [3.63, 3.8) is 0 Å². The van der Waals surface area contributed by atoms with Crippen LogP contribution in [-0.4, -0.2) is 38.2 Å². The van der Waals surface area contributed by atoms with Gasteiger partial charge in [0.2, 0.25) is 5.91 Å². The number of piperidine rings is 1. The lowest BCUT2D eigenvalue weighted by Crippen LogP contribution is -2.46. The first-order valence-electron chi connectivity index (χ1n) is 8.31. The lowest BCUT2D eigenvalue weighted by Gasteiger charge is -2.36. The summed E-state index contributed by atoms with van der Waals surface area (Å²) in [5.41, 5.74) is 5.06. The highest BCUT2D eigenvalue weighted by Gasteiger charge is 2.27. The smallest absolute Gasteiger partial charge is 0.223 e. The van der Waals surface area contributed by atoms with E-state index >= 15 is 0 Å². The molecule has 1 aliphatic rings. The minimum Gasteiger partial charge on any atom is -0.338 e. The molecule has 1 atom stereocenters. The first-order valence-corrected chi connectivity index (χ1v) is 9.25. The van der Waals surface area contributed by atoms with Crippen molar-refractivity contribution in [2.24, 2.45) is 0 Å². The van der Waals surface area contributed by atoms with E-state index in [2.05, 4.69) is 28.0 Å². The van der Waals surface area contributed by atoms with Gasteiger partial charge in [-0.15, -0.1) is 11.3 Å². The van der Waals surface area contributed by atoms with Gasteiger partial charge in [0.05, 0.1) is 29.5 Å². The van der Waals surface area contributed by atoms with Crippen LogP contribution < -0.4 is 0 Å². The second-order valence-corrected chi connectivity index (χ2v) is 7.04. The molecule has 1 amide bonds. The van der Waals surface area contributed by atoms with Gasteiger partial charge in [-0.2, -0.15) is 5.10 Å². The van der Waals surface area contributed by atoms with Crippen molar-refractivity contribution in [3.8, 4) is 0 Å². The van der Waals surface area contributed by atoms with E-state index < -0.39 is 0 Å². The number of likely N-dealkylation sites (tertiary alicyclic amines) is 1. The van der Waals surface area contributed by atoms with Crippen molar-refractivity contribution in [1.82, 2.24) is 19.7 Å². The summed E-state index contributed by atoms with van der Waals surface area (Å²) >= 11 is 1.59. The Balaban J connectivity index is 1.63. The Hall–Kier alpha value is -1.69. The molecule has 6 heteroatoms. The van der Waals surface area contributed by atoms with E-state index in [-0.39, 0.29) is 11.9 Å². The molecule has 23 heavy (non-hydrogen) atoms. The number of aryl methyl sites for hydroxylation is 3. The van der Waals surface area contributed by atoms with Crippen LogP contribution in [0.4, 0.5) is 0 Å². The van der Waals surface area contributed by atoms with Crippen LogP contribution in [0, 0.1) is 13.8 Å². The molecule has 5 nitrogen and oxygen atoms in total. The predicted molar refractivity (Wildman–Crippen MR) is 91.5 cm³/mol. The van der Waals surface area contributed by atoms with Crippen molar-refractivity contribution >= 4 is 17.2 Å². The number of hydrogen-bond donors (Lipinski definition) is 0. The van der Waals surface area contributed by atoms with Gasteiger partial charge >= 0.3 is 0 Å². The zero-order valence-electron chi connectivity index (χ0n) is 13.9. The van der Waals surface area contributed by atoms with Crippen molar-refractivity contribution in [2.75, 3.05) is 6.54 Å². The van der Waals surface area contributed by atoms with Gasteiger partial charge in [0.15, 0.2) is 0 Å². The van der Waals surface area contributed by atoms with Gasteiger partial charge in [-0.05, 0) is 45.6 Å². The Morgan fingerprint density at radius 3 is 2.96 bits per heavy atom. The van der Waals surface area contributed by atoms with Crippen LogP contribution in [0.25, 0.3) is 0 Å². The maximum absolute atomic E-state index is 12.7. The SMILES string of the molecule is Cc1cc(C)n(C[C@@H]2CCCCN2C(=O)CCc2cscn2)n1. The van der Waals surface area contributed by atoms with Crippen molar-refractivity contribution in [3.05, 3.63) is 34.0 Å². The standard InChI is InChI=1S/C17H24N4OS/c1-13-9-14(2)21(19-13)10-16-5-3-4-8-20(16)17(22)7-6-15-11-23-12-18-15/h9,11-12,16H,3-8,10H2,1-2H3/t16-/m0/s1. The summed E-state index contributed by atoms with van der Waals surface area (Å²) in [5, 5.41) is 6.58. The summed E-state index contributed by atoms with van der Waals surface area (Å²) in [6.45, 7) is 5.78. The van der Waals surface area contributed by atoms with Crippen molar-refractivity contribution < 1.29 is 4.79 Å². The first kappa shape index (κ1) is 16.2. The lowest BCUT2D eigenvalue weighted by molar-refractivity contribution is -0.135. The van der Waals surface area contributed by atoms with E-state index in [0.29, 0.717) is 6.42 Å². The molecular formula is C17H24N4OS. The van der Waals surface area contributed by atoms with Gasteiger partial charge < -0.3 is 4.90 Å². The van der Waals surface area contributed by atoms with E-state index in [4.69, 9.17) is 0 Å². The normalized spacial score (nSPS) is 18.3. The molecule has 2 aromatic rings. The van der Waals surface area contributed by atoms with Crippen molar-refractivity contribution in [1.29, 1.82) is 0 Å². The highest BCUT2D eigenvalue weighted by molar-refractivity contribution is 7.07. The fourth-order valence-corrected chi connectivity index (χ4v) is 3.91. The summed E-state index contributed by atoms with van der Waals surface area (Å²) in [4.78, 5) is 19.0. The van der Waals surface area contributed by atoms with E-state index in [9.17, 15) is 4.79 Å². The summed E-state index contributed by atoms with van der Waals surface area (Å²) in [6, 6.07) is 2.36. The van der Waals surface area contributed by atoms with Crippen molar-refractivity contribution in [2.45, 2.75) is 58.5 Å². The summed E-state index contributed by atoms with van der Waals surface area (Å²) in [6.07, 6.45) is 4.67. The maximum atomic E-state index is 12.7. The second kappa shape index (κ2) is 7.25. The quantitative estimate of drug-likeness (QED) is 0.846. The van der Waals surface area contributed by atoms with Crippen LogP contribution in [0.15, 0.2) is 17.0 Å². The van der Waals surface area contributed by atoms with Gasteiger partial charge in [-0.3, -0.25) is 9.48 Å². The minimum absolute atomic E-state index is 0.254. The molecule has 2 aromatic heterocycles. The molecule has 1 saturated heterocycles. The summed E-state index contributed by atoms with van der Waals surface area (Å²) in [5.74, 6) is 0.254. The largest absolute Gasteiger partial charge is 0.338 e. The number of carbonyl (C=O) groups excluding carboxylic acids is 1. The van der Waals surface area contributed by atoms with Crippen LogP contribution in [0.5, 0.6) is 0 Å². The van der Waals surface area contributed by atoms with E-state index in [0.717, 1.165) is 43.7 Å². The zero-order chi connectivity index (χ0) is 16.2. The Kier molecular flexibility index (Phi) is 5.10. The minimum atomic E-state index is 0.254. The van der Waals surface area contributed by atoms with Crippen LogP contribution in [0.1, 0.15) is 42.8 Å². The number of nitrogens with zero attached hydrogens (tertiary/aromatic N) is 4. The van der Waals surface area contributed by atoms with Gasteiger partial charge in [-0.1, -0.05) is 0 Å².